The Morgan fingerprint density at radius 1 is 1.25 bits per heavy atom. The second kappa shape index (κ2) is 7.94. The number of carbonyl (C=O) groups excluding carboxylic acids is 2. The van der Waals surface area contributed by atoms with Gasteiger partial charge in [0.15, 0.2) is 0 Å². The summed E-state index contributed by atoms with van der Waals surface area (Å²) in [5, 5.41) is 0. The van der Waals surface area contributed by atoms with Gasteiger partial charge in [0.1, 0.15) is 13.2 Å². The molecule has 0 radical (unpaired) electrons. The molecule has 1 heterocycles. The molecule has 2 amide bonds. The van der Waals surface area contributed by atoms with E-state index in [4.69, 9.17) is 19.9 Å². The zero-order chi connectivity index (χ0) is 15.0. The Balaban J connectivity index is 2.43. The fraction of sp³-hybridized carbons (Fsp3) is 0.846. The summed E-state index contributed by atoms with van der Waals surface area (Å²) in [5.74, 6) is 0. The third-order valence-corrected chi connectivity index (χ3v) is 3.23. The van der Waals surface area contributed by atoms with Gasteiger partial charge < -0.3 is 24.8 Å². The van der Waals surface area contributed by atoms with Crippen LogP contribution in [0.25, 0.3) is 0 Å². The van der Waals surface area contributed by atoms with Crippen molar-refractivity contribution in [3.8, 4) is 0 Å². The van der Waals surface area contributed by atoms with Gasteiger partial charge in [0.2, 0.25) is 0 Å². The molecular weight excluding hydrogens is 264 g/mol. The SMILES string of the molecule is CCCC(C)(COC(N)=O)COC(=O)N1CCOCC1. The van der Waals surface area contributed by atoms with Crippen LogP contribution in [0.1, 0.15) is 26.7 Å². The average Bonchev–Trinajstić information content (AvgIpc) is 2.44. The number of carbonyl (C=O) groups is 2. The molecule has 0 aromatic heterocycles. The van der Waals surface area contributed by atoms with E-state index in [0.717, 1.165) is 12.8 Å². The molecule has 0 spiro atoms. The highest BCUT2D eigenvalue weighted by molar-refractivity contribution is 5.67. The second-order valence-corrected chi connectivity index (χ2v) is 5.32. The molecule has 7 nitrogen and oxygen atoms in total. The van der Waals surface area contributed by atoms with Gasteiger partial charge in [0.25, 0.3) is 0 Å². The van der Waals surface area contributed by atoms with Crippen molar-refractivity contribution in [3.63, 3.8) is 0 Å². The highest BCUT2D eigenvalue weighted by atomic mass is 16.6. The predicted molar refractivity (Wildman–Crippen MR) is 72.3 cm³/mol. The van der Waals surface area contributed by atoms with Crippen molar-refractivity contribution < 1.29 is 23.8 Å². The van der Waals surface area contributed by atoms with Gasteiger partial charge in [-0.05, 0) is 6.42 Å². The van der Waals surface area contributed by atoms with Gasteiger partial charge in [0.05, 0.1) is 13.2 Å². The van der Waals surface area contributed by atoms with E-state index in [0.29, 0.717) is 26.3 Å². The van der Waals surface area contributed by atoms with Crippen LogP contribution in [0.15, 0.2) is 0 Å². The molecule has 116 valence electrons. The molecule has 1 saturated heterocycles. The minimum absolute atomic E-state index is 0.145. The summed E-state index contributed by atoms with van der Waals surface area (Å²) in [6.45, 7) is 6.43. The van der Waals surface area contributed by atoms with E-state index in [9.17, 15) is 9.59 Å². The van der Waals surface area contributed by atoms with Crippen molar-refractivity contribution in [2.45, 2.75) is 26.7 Å². The Bertz CT molecular complexity index is 331. The third kappa shape index (κ3) is 5.64. The lowest BCUT2D eigenvalue weighted by molar-refractivity contribution is -0.000919. The van der Waals surface area contributed by atoms with Gasteiger partial charge >= 0.3 is 12.2 Å². The van der Waals surface area contributed by atoms with Crippen LogP contribution in [0.2, 0.25) is 0 Å². The largest absolute Gasteiger partial charge is 0.449 e. The first kappa shape index (κ1) is 16.6. The number of morpholine rings is 1. The van der Waals surface area contributed by atoms with Crippen LogP contribution in [0.5, 0.6) is 0 Å². The second-order valence-electron chi connectivity index (χ2n) is 5.32. The lowest BCUT2D eigenvalue weighted by atomic mass is 9.87. The van der Waals surface area contributed by atoms with E-state index < -0.39 is 11.5 Å². The Morgan fingerprint density at radius 3 is 2.40 bits per heavy atom. The fourth-order valence-electron chi connectivity index (χ4n) is 2.11. The Kier molecular flexibility index (Phi) is 6.57. The maximum atomic E-state index is 11.9. The molecule has 1 unspecified atom stereocenters. The van der Waals surface area contributed by atoms with Crippen LogP contribution in [0, 0.1) is 5.41 Å². The standard InChI is InChI=1S/C13H24N2O5/c1-3-4-13(2,9-19-11(14)16)10-20-12(17)15-5-7-18-8-6-15/h3-10H2,1-2H3,(H2,14,16). The highest BCUT2D eigenvalue weighted by Crippen LogP contribution is 2.24. The molecule has 0 aromatic carbocycles. The lowest BCUT2D eigenvalue weighted by Crippen LogP contribution is -2.42. The van der Waals surface area contributed by atoms with Crippen LogP contribution >= 0.6 is 0 Å². The summed E-state index contributed by atoms with van der Waals surface area (Å²) in [5.41, 5.74) is 4.57. The van der Waals surface area contributed by atoms with Crippen molar-refractivity contribution in [2.75, 3.05) is 39.5 Å². The molecule has 7 heteroatoms. The van der Waals surface area contributed by atoms with Crippen molar-refractivity contribution >= 4 is 12.2 Å². The predicted octanol–water partition coefficient (Wildman–Crippen LogP) is 1.36. The molecule has 1 rings (SSSR count). The third-order valence-electron chi connectivity index (χ3n) is 3.23. The van der Waals surface area contributed by atoms with Crippen LogP contribution in [-0.2, 0) is 14.2 Å². The maximum Gasteiger partial charge on any atom is 0.409 e. The van der Waals surface area contributed by atoms with Gasteiger partial charge in [-0.15, -0.1) is 0 Å². The molecule has 0 saturated carbocycles. The molecule has 2 N–H and O–H groups in total. The lowest BCUT2D eigenvalue weighted by Gasteiger charge is -2.31. The van der Waals surface area contributed by atoms with E-state index in [1.54, 1.807) is 4.90 Å². The molecule has 1 atom stereocenters. The van der Waals surface area contributed by atoms with E-state index in [1.807, 2.05) is 13.8 Å². The summed E-state index contributed by atoms with van der Waals surface area (Å²) < 4.78 is 15.4. The van der Waals surface area contributed by atoms with Gasteiger partial charge in [-0.2, -0.15) is 0 Å². The maximum absolute atomic E-state index is 11.9. The first-order chi connectivity index (χ1) is 9.47. The van der Waals surface area contributed by atoms with Gasteiger partial charge in [0, 0.05) is 18.5 Å². The molecule has 1 aliphatic rings. The van der Waals surface area contributed by atoms with Crippen molar-refractivity contribution in [3.05, 3.63) is 0 Å². The van der Waals surface area contributed by atoms with Crippen LogP contribution in [0.4, 0.5) is 9.59 Å². The average molecular weight is 288 g/mol. The Morgan fingerprint density at radius 2 is 1.85 bits per heavy atom. The zero-order valence-electron chi connectivity index (χ0n) is 12.2. The van der Waals surface area contributed by atoms with E-state index in [1.165, 1.54) is 0 Å². The minimum Gasteiger partial charge on any atom is -0.449 e. The first-order valence-electron chi connectivity index (χ1n) is 6.88. The van der Waals surface area contributed by atoms with Crippen molar-refractivity contribution in [1.82, 2.24) is 4.90 Å². The first-order valence-corrected chi connectivity index (χ1v) is 6.88. The van der Waals surface area contributed by atoms with E-state index >= 15 is 0 Å². The topological polar surface area (TPSA) is 91.1 Å². The number of ether oxygens (including phenoxy) is 3. The highest BCUT2D eigenvalue weighted by Gasteiger charge is 2.28. The smallest absolute Gasteiger partial charge is 0.409 e. The monoisotopic (exact) mass is 288 g/mol. The van der Waals surface area contributed by atoms with Crippen LogP contribution < -0.4 is 5.73 Å². The molecule has 0 aromatic rings. The quantitative estimate of drug-likeness (QED) is 0.796. The number of rotatable bonds is 6. The van der Waals surface area contributed by atoms with Gasteiger partial charge in [-0.3, -0.25) is 0 Å². The van der Waals surface area contributed by atoms with E-state index in [2.05, 4.69) is 0 Å². The normalized spacial score (nSPS) is 18.2. The molecule has 0 aliphatic carbocycles. The molecule has 0 bridgehead atoms. The minimum atomic E-state index is -0.813. The zero-order valence-corrected chi connectivity index (χ0v) is 12.2. The van der Waals surface area contributed by atoms with Gasteiger partial charge in [-0.1, -0.05) is 20.3 Å². The number of nitrogens with zero attached hydrogens (tertiary/aromatic N) is 1. The van der Waals surface area contributed by atoms with Gasteiger partial charge in [-0.25, -0.2) is 9.59 Å². The Labute approximate surface area is 119 Å². The summed E-state index contributed by atoms with van der Waals surface area (Å²) in [6.07, 6.45) is 0.506. The number of amides is 2. The van der Waals surface area contributed by atoms with Crippen molar-refractivity contribution in [1.29, 1.82) is 0 Å². The number of primary amides is 1. The molecule has 1 fully saturated rings. The number of hydrogen-bond donors (Lipinski definition) is 1. The summed E-state index contributed by atoms with van der Waals surface area (Å²) in [4.78, 5) is 24.2. The van der Waals surface area contributed by atoms with E-state index in [-0.39, 0.29) is 19.3 Å². The number of hydrogen-bond acceptors (Lipinski definition) is 5. The number of nitrogens with two attached hydrogens (primary N) is 1. The summed E-state index contributed by atoms with van der Waals surface area (Å²) in [6, 6.07) is 0. The summed E-state index contributed by atoms with van der Waals surface area (Å²) >= 11 is 0. The van der Waals surface area contributed by atoms with Crippen molar-refractivity contribution in [2.24, 2.45) is 11.1 Å². The Hall–Kier alpha value is -1.50. The molecular formula is C13H24N2O5. The van der Waals surface area contributed by atoms with Crippen LogP contribution in [-0.4, -0.2) is 56.6 Å². The molecule has 1 aliphatic heterocycles. The fourth-order valence-corrected chi connectivity index (χ4v) is 2.11. The molecule has 20 heavy (non-hydrogen) atoms. The van der Waals surface area contributed by atoms with Crippen LogP contribution in [0.3, 0.4) is 0 Å². The summed E-state index contributed by atoms with van der Waals surface area (Å²) in [7, 11) is 0.